The third-order valence-electron chi connectivity index (χ3n) is 4.60. The van der Waals surface area contributed by atoms with Gasteiger partial charge in [0, 0.05) is 6.07 Å². The Hall–Kier alpha value is -2.74. The van der Waals surface area contributed by atoms with Crippen molar-refractivity contribution in [2.24, 2.45) is 0 Å². The Morgan fingerprint density at radius 3 is 2.46 bits per heavy atom. The van der Waals surface area contributed by atoms with Crippen LogP contribution in [0.1, 0.15) is 31.0 Å². The van der Waals surface area contributed by atoms with Gasteiger partial charge < -0.3 is 14.8 Å². The first-order valence-corrected chi connectivity index (χ1v) is 10.9. The van der Waals surface area contributed by atoms with Gasteiger partial charge in [-0.1, -0.05) is 31.2 Å². The molecule has 150 valence electrons. The molecule has 1 aliphatic rings. The van der Waals surface area contributed by atoms with Gasteiger partial charge in [-0.15, -0.1) is 0 Å². The molecule has 2 aromatic carbocycles. The summed E-state index contributed by atoms with van der Waals surface area (Å²) in [6.45, 7) is 3.71. The number of nitrogens with zero attached hydrogens (tertiary/aromatic N) is 1. The van der Waals surface area contributed by atoms with E-state index in [-0.39, 0.29) is 19.4 Å². The number of carbonyl (C=O) groups excluding carboxylic acids is 1. The molecule has 1 N–H and O–H groups in total. The van der Waals surface area contributed by atoms with E-state index in [2.05, 4.69) is 12.2 Å². The molecule has 8 heteroatoms. The third kappa shape index (κ3) is 4.56. The first-order valence-electron chi connectivity index (χ1n) is 9.03. The monoisotopic (exact) mass is 404 g/mol. The van der Waals surface area contributed by atoms with Crippen LogP contribution in [-0.2, 0) is 21.2 Å². The van der Waals surface area contributed by atoms with E-state index in [1.165, 1.54) is 5.56 Å². The van der Waals surface area contributed by atoms with Crippen molar-refractivity contribution < 1.29 is 22.7 Å². The standard InChI is InChI=1S/C20H24N2O5S/c1-4-15-5-7-16(8-6-15)14(2)21-20(23)12-22(28(3,24)25)17-9-10-18-19(11-17)27-13-26-18/h5-11,14H,4,12-13H2,1-3H3,(H,21,23). The van der Waals surface area contributed by atoms with E-state index in [9.17, 15) is 13.2 Å². The van der Waals surface area contributed by atoms with Crippen LogP contribution < -0.4 is 19.1 Å². The molecule has 28 heavy (non-hydrogen) atoms. The van der Waals surface area contributed by atoms with Gasteiger partial charge in [0.1, 0.15) is 6.54 Å². The van der Waals surface area contributed by atoms with Crippen LogP contribution in [-0.4, -0.2) is 33.9 Å². The molecule has 0 saturated heterocycles. The molecule has 0 radical (unpaired) electrons. The first kappa shape index (κ1) is 20.0. The number of fused-ring (bicyclic) bond motifs is 1. The molecule has 1 amide bonds. The van der Waals surface area contributed by atoms with Gasteiger partial charge in [-0.2, -0.15) is 0 Å². The second-order valence-electron chi connectivity index (χ2n) is 6.69. The predicted molar refractivity (Wildman–Crippen MR) is 107 cm³/mol. The zero-order chi connectivity index (χ0) is 20.3. The summed E-state index contributed by atoms with van der Waals surface area (Å²) in [5, 5.41) is 2.86. The number of hydrogen-bond donors (Lipinski definition) is 1. The molecule has 0 fully saturated rings. The number of rotatable bonds is 7. The van der Waals surface area contributed by atoms with Gasteiger partial charge in [-0.3, -0.25) is 9.10 Å². The molecular weight excluding hydrogens is 380 g/mol. The smallest absolute Gasteiger partial charge is 0.241 e. The molecule has 7 nitrogen and oxygen atoms in total. The maximum atomic E-state index is 12.5. The van der Waals surface area contributed by atoms with Crippen LogP contribution in [0.3, 0.4) is 0 Å². The minimum Gasteiger partial charge on any atom is -0.454 e. The quantitative estimate of drug-likeness (QED) is 0.767. The lowest BCUT2D eigenvalue weighted by molar-refractivity contribution is -0.120. The van der Waals surface area contributed by atoms with E-state index < -0.39 is 15.9 Å². The highest BCUT2D eigenvalue weighted by Gasteiger charge is 2.24. The molecule has 1 heterocycles. The van der Waals surface area contributed by atoms with Crippen LogP contribution in [0.25, 0.3) is 0 Å². The number of anilines is 1. The lowest BCUT2D eigenvalue weighted by Crippen LogP contribution is -2.41. The Labute approximate surface area is 165 Å². The summed E-state index contributed by atoms with van der Waals surface area (Å²) in [5.74, 6) is 0.608. The van der Waals surface area contributed by atoms with Crippen molar-refractivity contribution in [1.29, 1.82) is 0 Å². The van der Waals surface area contributed by atoms with Crippen molar-refractivity contribution in [3.63, 3.8) is 0 Å². The zero-order valence-corrected chi connectivity index (χ0v) is 17.0. The molecule has 0 saturated carbocycles. The minimum atomic E-state index is -3.66. The van der Waals surface area contributed by atoms with Gasteiger partial charge in [0.2, 0.25) is 22.7 Å². The Bertz CT molecular complexity index is 957. The molecule has 1 aliphatic heterocycles. The highest BCUT2D eigenvalue weighted by molar-refractivity contribution is 7.92. The number of sulfonamides is 1. The predicted octanol–water partition coefficient (Wildman–Crippen LogP) is 2.62. The van der Waals surface area contributed by atoms with Crippen molar-refractivity contribution in [3.8, 4) is 11.5 Å². The molecular formula is C20H24N2O5S. The second-order valence-corrected chi connectivity index (χ2v) is 8.60. The Morgan fingerprint density at radius 2 is 1.82 bits per heavy atom. The molecule has 3 rings (SSSR count). The summed E-state index contributed by atoms with van der Waals surface area (Å²) in [4.78, 5) is 12.5. The topological polar surface area (TPSA) is 84.9 Å². The van der Waals surface area contributed by atoms with E-state index in [0.717, 1.165) is 22.5 Å². The fraction of sp³-hybridized carbons (Fsp3) is 0.350. The first-order chi connectivity index (χ1) is 13.3. The van der Waals surface area contributed by atoms with Crippen molar-refractivity contribution in [2.75, 3.05) is 23.9 Å². The molecule has 0 bridgehead atoms. The van der Waals surface area contributed by atoms with Crippen molar-refractivity contribution >= 4 is 21.6 Å². The summed E-state index contributed by atoms with van der Waals surface area (Å²) in [5.41, 5.74) is 2.52. The fourth-order valence-corrected chi connectivity index (χ4v) is 3.83. The minimum absolute atomic E-state index is 0.0898. The summed E-state index contributed by atoms with van der Waals surface area (Å²) in [6.07, 6.45) is 2.01. The maximum Gasteiger partial charge on any atom is 0.241 e. The average Bonchev–Trinajstić information content (AvgIpc) is 3.13. The SMILES string of the molecule is CCc1ccc(C(C)NC(=O)CN(c2ccc3c(c2)OCO3)S(C)(=O)=O)cc1. The normalized spacial score (nSPS) is 13.8. The number of benzene rings is 2. The number of aryl methyl sites for hydroxylation is 1. The molecule has 2 aromatic rings. The van der Waals surface area contributed by atoms with Gasteiger partial charge >= 0.3 is 0 Å². The number of carbonyl (C=O) groups is 1. The Kier molecular flexibility index (Phi) is 5.79. The maximum absolute atomic E-state index is 12.5. The summed E-state index contributed by atoms with van der Waals surface area (Å²) in [7, 11) is -3.66. The van der Waals surface area contributed by atoms with Gasteiger partial charge in [0.05, 0.1) is 18.0 Å². The van der Waals surface area contributed by atoms with Crippen LogP contribution in [0.4, 0.5) is 5.69 Å². The van der Waals surface area contributed by atoms with Crippen molar-refractivity contribution in [1.82, 2.24) is 5.32 Å². The van der Waals surface area contributed by atoms with E-state index in [1.54, 1.807) is 18.2 Å². The fourth-order valence-electron chi connectivity index (χ4n) is 2.98. The van der Waals surface area contributed by atoms with E-state index in [1.807, 2.05) is 31.2 Å². The van der Waals surface area contributed by atoms with Gasteiger partial charge in [-0.25, -0.2) is 8.42 Å². The van der Waals surface area contributed by atoms with Crippen LogP contribution in [0.2, 0.25) is 0 Å². The Balaban J connectivity index is 1.73. The number of ether oxygens (including phenoxy) is 2. The van der Waals surface area contributed by atoms with Crippen LogP contribution >= 0.6 is 0 Å². The summed E-state index contributed by atoms with van der Waals surface area (Å²) in [6, 6.07) is 12.5. The highest BCUT2D eigenvalue weighted by atomic mass is 32.2. The van der Waals surface area contributed by atoms with Gasteiger partial charge in [0.25, 0.3) is 0 Å². The van der Waals surface area contributed by atoms with E-state index in [4.69, 9.17) is 9.47 Å². The summed E-state index contributed by atoms with van der Waals surface area (Å²) < 4.78 is 36.1. The van der Waals surface area contributed by atoms with E-state index in [0.29, 0.717) is 17.2 Å². The number of hydrogen-bond acceptors (Lipinski definition) is 5. The summed E-state index contributed by atoms with van der Waals surface area (Å²) >= 11 is 0. The lowest BCUT2D eigenvalue weighted by atomic mass is 10.1. The van der Waals surface area contributed by atoms with Crippen LogP contribution in [0, 0.1) is 0 Å². The van der Waals surface area contributed by atoms with Crippen LogP contribution in [0.15, 0.2) is 42.5 Å². The third-order valence-corrected chi connectivity index (χ3v) is 5.74. The molecule has 1 unspecified atom stereocenters. The largest absolute Gasteiger partial charge is 0.454 e. The average molecular weight is 404 g/mol. The number of amides is 1. The van der Waals surface area contributed by atoms with Crippen molar-refractivity contribution in [2.45, 2.75) is 26.3 Å². The number of nitrogens with one attached hydrogen (secondary N) is 1. The molecule has 0 aliphatic carbocycles. The highest BCUT2D eigenvalue weighted by Crippen LogP contribution is 2.36. The van der Waals surface area contributed by atoms with Gasteiger partial charge in [0.15, 0.2) is 11.5 Å². The Morgan fingerprint density at radius 1 is 1.14 bits per heavy atom. The zero-order valence-electron chi connectivity index (χ0n) is 16.1. The molecule has 0 aromatic heterocycles. The molecule has 1 atom stereocenters. The van der Waals surface area contributed by atoms with Crippen molar-refractivity contribution in [3.05, 3.63) is 53.6 Å². The lowest BCUT2D eigenvalue weighted by Gasteiger charge is -2.23. The van der Waals surface area contributed by atoms with Crippen LogP contribution in [0.5, 0.6) is 11.5 Å². The van der Waals surface area contributed by atoms with E-state index >= 15 is 0 Å². The second kappa shape index (κ2) is 8.10. The van der Waals surface area contributed by atoms with Gasteiger partial charge in [-0.05, 0) is 36.6 Å². The molecule has 0 spiro atoms.